The molecule has 2 saturated heterocycles. The van der Waals surface area contributed by atoms with Crippen LogP contribution < -0.4 is 20.3 Å². The third kappa shape index (κ3) is 4.20. The first kappa shape index (κ1) is 20.5. The van der Waals surface area contributed by atoms with Crippen molar-refractivity contribution in [2.45, 2.75) is 19.4 Å². The van der Waals surface area contributed by atoms with Gasteiger partial charge in [0.2, 0.25) is 5.91 Å². The number of ether oxygens (including phenoxy) is 1. The minimum Gasteiger partial charge on any atom is -0.488 e. The number of nitrogens with zero attached hydrogens (tertiary/aromatic N) is 4. The number of anilines is 1. The van der Waals surface area contributed by atoms with Gasteiger partial charge in [-0.3, -0.25) is 9.78 Å². The molecule has 0 aliphatic carbocycles. The first-order valence-electron chi connectivity index (χ1n) is 10.6. The fourth-order valence-electron chi connectivity index (χ4n) is 4.20. The molecule has 2 atom stereocenters. The van der Waals surface area contributed by atoms with E-state index in [9.17, 15) is 4.79 Å². The van der Waals surface area contributed by atoms with Crippen LogP contribution in [0.3, 0.4) is 0 Å². The zero-order chi connectivity index (χ0) is 21.4. The molecule has 0 aromatic carbocycles. The van der Waals surface area contributed by atoms with Crippen LogP contribution in [-0.2, 0) is 4.79 Å². The van der Waals surface area contributed by atoms with E-state index in [-0.39, 0.29) is 17.9 Å². The lowest BCUT2D eigenvalue weighted by Gasteiger charge is -2.29. The number of halogens is 1. The topological polar surface area (TPSA) is 83.8 Å². The van der Waals surface area contributed by atoms with Crippen LogP contribution in [0.4, 0.5) is 5.69 Å². The number of rotatable bonds is 5. The fraction of sp³-hybridized carbons (Fsp3) is 0.409. The van der Waals surface area contributed by atoms with Crippen LogP contribution in [0.2, 0.25) is 0 Å². The zero-order valence-corrected chi connectivity index (χ0v) is 19.5. The zero-order valence-electron chi connectivity index (χ0n) is 17.3. The Hall–Kier alpha value is -2.40. The Morgan fingerprint density at radius 3 is 2.81 bits per heavy atom. The lowest BCUT2D eigenvalue weighted by molar-refractivity contribution is -0.119. The van der Waals surface area contributed by atoms with Crippen LogP contribution in [0.25, 0.3) is 16.8 Å². The summed E-state index contributed by atoms with van der Waals surface area (Å²) in [6.07, 6.45) is 6.17. The molecule has 31 heavy (non-hydrogen) atoms. The molecule has 1 amide bonds. The summed E-state index contributed by atoms with van der Waals surface area (Å²) in [5, 5.41) is 10.8. The van der Waals surface area contributed by atoms with Gasteiger partial charge in [0.15, 0.2) is 0 Å². The SMILES string of the molecule is CC(Oc1cc(-c2ccc(N3CCNCC3)cn2)cn2ncc(I)c12)[C@H]1CNC(=O)C1. The Kier molecular flexibility index (Phi) is 5.70. The third-order valence-electron chi connectivity index (χ3n) is 6.04. The maximum absolute atomic E-state index is 11.6. The lowest BCUT2D eigenvalue weighted by Crippen LogP contribution is -2.43. The van der Waals surface area contributed by atoms with Crippen LogP contribution in [0.5, 0.6) is 5.75 Å². The molecule has 1 unspecified atom stereocenters. The van der Waals surface area contributed by atoms with Crippen LogP contribution in [0, 0.1) is 9.49 Å². The van der Waals surface area contributed by atoms with Gasteiger partial charge >= 0.3 is 0 Å². The largest absolute Gasteiger partial charge is 0.488 e. The number of fused-ring (bicyclic) bond motifs is 1. The van der Waals surface area contributed by atoms with E-state index in [4.69, 9.17) is 9.72 Å². The van der Waals surface area contributed by atoms with Gasteiger partial charge < -0.3 is 20.3 Å². The molecule has 2 fully saturated rings. The van der Waals surface area contributed by atoms with E-state index in [1.54, 1.807) is 0 Å². The number of amides is 1. The van der Waals surface area contributed by atoms with Crippen molar-refractivity contribution in [3.05, 3.63) is 40.4 Å². The molecule has 5 heterocycles. The molecular weight excluding hydrogens is 507 g/mol. The highest BCUT2D eigenvalue weighted by atomic mass is 127. The standard InChI is InChI=1S/C22H25IN6O2/c1-14(15-9-21(30)26-10-15)31-20-8-16(13-29-22(20)18(23)12-27-29)19-3-2-17(11-25-19)28-6-4-24-5-7-28/h2-3,8,11-15,24H,4-7,9-10H2,1H3,(H,26,30)/t14?,15-/m1/s1. The summed E-state index contributed by atoms with van der Waals surface area (Å²) >= 11 is 2.28. The van der Waals surface area contributed by atoms with Crippen molar-refractivity contribution >= 4 is 39.7 Å². The van der Waals surface area contributed by atoms with Crippen molar-refractivity contribution in [2.24, 2.45) is 5.92 Å². The van der Waals surface area contributed by atoms with E-state index >= 15 is 0 Å². The Labute approximate surface area is 194 Å². The second-order valence-corrected chi connectivity index (χ2v) is 9.27. The van der Waals surface area contributed by atoms with Gasteiger partial charge in [-0.15, -0.1) is 0 Å². The molecule has 3 aromatic heterocycles. The Balaban J connectivity index is 1.44. The summed E-state index contributed by atoms with van der Waals surface area (Å²) in [6, 6.07) is 6.22. The highest BCUT2D eigenvalue weighted by Crippen LogP contribution is 2.32. The normalized spacial score (nSPS) is 20.1. The maximum atomic E-state index is 11.6. The van der Waals surface area contributed by atoms with Gasteiger partial charge in [0.05, 0.1) is 27.3 Å². The first-order chi connectivity index (χ1) is 15.1. The predicted molar refractivity (Wildman–Crippen MR) is 127 cm³/mol. The molecule has 3 aromatic rings. The summed E-state index contributed by atoms with van der Waals surface area (Å²) in [4.78, 5) is 18.7. The van der Waals surface area contributed by atoms with Crippen LogP contribution in [0.1, 0.15) is 13.3 Å². The molecule has 5 rings (SSSR count). The van der Waals surface area contributed by atoms with Crippen molar-refractivity contribution in [3.63, 3.8) is 0 Å². The molecule has 8 nitrogen and oxygen atoms in total. The minimum atomic E-state index is -0.0910. The van der Waals surface area contributed by atoms with Gasteiger partial charge in [0.1, 0.15) is 17.4 Å². The number of hydrogen-bond donors (Lipinski definition) is 2. The average Bonchev–Trinajstić information content (AvgIpc) is 3.40. The van der Waals surface area contributed by atoms with Crippen LogP contribution in [-0.4, -0.2) is 59.3 Å². The Morgan fingerprint density at radius 2 is 2.10 bits per heavy atom. The van der Waals surface area contributed by atoms with Crippen molar-refractivity contribution in [3.8, 4) is 17.0 Å². The van der Waals surface area contributed by atoms with Gasteiger partial charge in [-0.25, -0.2) is 4.52 Å². The number of carbonyl (C=O) groups excluding carboxylic acids is 1. The van der Waals surface area contributed by atoms with E-state index in [0.29, 0.717) is 13.0 Å². The molecule has 2 N–H and O–H groups in total. The molecule has 0 radical (unpaired) electrons. The van der Waals surface area contributed by atoms with Crippen molar-refractivity contribution in [1.82, 2.24) is 25.2 Å². The molecule has 0 saturated carbocycles. The number of pyridine rings is 2. The Morgan fingerprint density at radius 1 is 1.26 bits per heavy atom. The van der Waals surface area contributed by atoms with Gasteiger partial charge in [0.25, 0.3) is 0 Å². The number of piperazine rings is 1. The first-order valence-corrected chi connectivity index (χ1v) is 11.7. The van der Waals surface area contributed by atoms with E-state index in [2.05, 4.69) is 55.4 Å². The number of nitrogens with one attached hydrogen (secondary N) is 2. The fourth-order valence-corrected chi connectivity index (χ4v) is 4.84. The smallest absolute Gasteiger partial charge is 0.220 e. The maximum Gasteiger partial charge on any atom is 0.220 e. The average molecular weight is 532 g/mol. The van der Waals surface area contributed by atoms with Crippen LogP contribution in [0.15, 0.2) is 36.8 Å². The molecule has 0 spiro atoms. The van der Waals surface area contributed by atoms with Crippen molar-refractivity contribution in [2.75, 3.05) is 37.6 Å². The van der Waals surface area contributed by atoms with Gasteiger partial charge in [-0.05, 0) is 47.7 Å². The monoisotopic (exact) mass is 532 g/mol. The van der Waals surface area contributed by atoms with E-state index in [0.717, 1.165) is 58.0 Å². The molecule has 2 aliphatic rings. The molecular formula is C22H25IN6O2. The van der Waals surface area contributed by atoms with Crippen molar-refractivity contribution < 1.29 is 9.53 Å². The molecule has 162 valence electrons. The van der Waals surface area contributed by atoms with Crippen LogP contribution >= 0.6 is 22.6 Å². The van der Waals surface area contributed by atoms with E-state index in [1.807, 2.05) is 36.1 Å². The summed E-state index contributed by atoms with van der Waals surface area (Å²) in [6.45, 7) is 6.66. The van der Waals surface area contributed by atoms with E-state index < -0.39 is 0 Å². The summed E-state index contributed by atoms with van der Waals surface area (Å²) in [5.74, 6) is 1.01. The van der Waals surface area contributed by atoms with E-state index in [1.165, 1.54) is 0 Å². The number of carbonyl (C=O) groups is 1. The summed E-state index contributed by atoms with van der Waals surface area (Å²) in [7, 11) is 0. The number of hydrogen-bond acceptors (Lipinski definition) is 6. The van der Waals surface area contributed by atoms with Crippen molar-refractivity contribution in [1.29, 1.82) is 0 Å². The Bertz CT molecular complexity index is 1090. The van der Waals surface area contributed by atoms with Gasteiger partial charge in [0, 0.05) is 56.8 Å². The van der Waals surface area contributed by atoms with Gasteiger partial charge in [-0.2, -0.15) is 5.10 Å². The molecule has 2 aliphatic heterocycles. The summed E-state index contributed by atoms with van der Waals surface area (Å²) < 4.78 is 9.25. The lowest BCUT2D eigenvalue weighted by atomic mass is 10.0. The highest BCUT2D eigenvalue weighted by Gasteiger charge is 2.28. The summed E-state index contributed by atoms with van der Waals surface area (Å²) in [5.41, 5.74) is 3.90. The molecule has 0 bridgehead atoms. The second-order valence-electron chi connectivity index (χ2n) is 8.11. The highest BCUT2D eigenvalue weighted by molar-refractivity contribution is 14.1. The predicted octanol–water partition coefficient (Wildman–Crippen LogP) is 2.31. The quantitative estimate of drug-likeness (QED) is 0.491. The number of aromatic nitrogens is 3. The molecule has 9 heteroatoms. The minimum absolute atomic E-state index is 0.0899. The third-order valence-corrected chi connectivity index (χ3v) is 6.83. The second kappa shape index (κ2) is 8.62. The van der Waals surface area contributed by atoms with Gasteiger partial charge in [-0.1, -0.05) is 0 Å².